The minimum Gasteiger partial charge on any atom is -0.370 e. The highest BCUT2D eigenvalue weighted by Crippen LogP contribution is 2.42. The predicted octanol–water partition coefficient (Wildman–Crippen LogP) is 3.19. The number of nitrogens with zero attached hydrogens (tertiary/aromatic N) is 1. The lowest BCUT2D eigenvalue weighted by atomic mass is 10.2. The molecule has 1 aliphatic carbocycles. The molecule has 0 aliphatic heterocycles. The molecule has 1 heterocycles. The fourth-order valence-corrected chi connectivity index (χ4v) is 2.11. The van der Waals surface area contributed by atoms with Crippen LogP contribution in [0.15, 0.2) is 6.07 Å². The van der Waals surface area contributed by atoms with Crippen LogP contribution in [0.4, 0.5) is 0 Å². The fraction of sp³-hybridized carbons (Fsp3) is 0.667. The molecule has 0 saturated heterocycles. The third kappa shape index (κ3) is 2.68. The van der Waals surface area contributed by atoms with E-state index in [0.29, 0.717) is 10.6 Å². The number of ether oxygens (including phenoxy) is 1. The lowest BCUT2D eigenvalue weighted by Gasteiger charge is -2.16. The van der Waals surface area contributed by atoms with Gasteiger partial charge in [-0.15, -0.1) is 0 Å². The molecule has 1 fully saturated rings. The molecule has 0 bridgehead atoms. The van der Waals surface area contributed by atoms with E-state index in [4.69, 9.17) is 17.0 Å². The number of aromatic nitrogens is 2. The standard InChI is InChI=1S/C12H18N2OS/c1-3-9-7-10(16)14-12(13-9)11(15-4-2)8-5-6-8/h7-8,11H,3-6H2,1-2H3,(H,13,14,16). The van der Waals surface area contributed by atoms with Gasteiger partial charge in [-0.25, -0.2) is 4.98 Å². The van der Waals surface area contributed by atoms with E-state index >= 15 is 0 Å². The van der Waals surface area contributed by atoms with Crippen LogP contribution in [0.1, 0.15) is 44.3 Å². The molecular weight excluding hydrogens is 220 g/mol. The van der Waals surface area contributed by atoms with Gasteiger partial charge in [0.2, 0.25) is 0 Å². The summed E-state index contributed by atoms with van der Waals surface area (Å²) in [6.07, 6.45) is 3.54. The van der Waals surface area contributed by atoms with Crippen molar-refractivity contribution in [2.45, 2.75) is 39.2 Å². The van der Waals surface area contributed by atoms with Gasteiger partial charge in [-0.1, -0.05) is 19.1 Å². The number of nitrogens with one attached hydrogen (secondary N) is 1. The molecule has 1 aliphatic rings. The van der Waals surface area contributed by atoms with Crippen LogP contribution in [0.2, 0.25) is 0 Å². The van der Waals surface area contributed by atoms with Crippen molar-refractivity contribution in [2.24, 2.45) is 5.92 Å². The van der Waals surface area contributed by atoms with Crippen molar-refractivity contribution in [1.82, 2.24) is 9.97 Å². The molecule has 16 heavy (non-hydrogen) atoms. The zero-order valence-corrected chi connectivity index (χ0v) is 10.6. The van der Waals surface area contributed by atoms with Gasteiger partial charge in [0.05, 0.1) is 0 Å². The highest BCUT2D eigenvalue weighted by atomic mass is 32.1. The number of hydrogen-bond donors (Lipinski definition) is 1. The highest BCUT2D eigenvalue weighted by molar-refractivity contribution is 7.71. The van der Waals surface area contributed by atoms with Crippen LogP contribution >= 0.6 is 12.2 Å². The molecule has 0 spiro atoms. The van der Waals surface area contributed by atoms with E-state index < -0.39 is 0 Å². The van der Waals surface area contributed by atoms with E-state index in [-0.39, 0.29) is 6.10 Å². The number of hydrogen-bond acceptors (Lipinski definition) is 3. The molecule has 1 N–H and O–H groups in total. The van der Waals surface area contributed by atoms with E-state index in [9.17, 15) is 0 Å². The van der Waals surface area contributed by atoms with Gasteiger partial charge in [-0.2, -0.15) is 0 Å². The zero-order valence-electron chi connectivity index (χ0n) is 9.82. The minimum atomic E-state index is 0.109. The van der Waals surface area contributed by atoms with Crippen LogP contribution in [-0.4, -0.2) is 16.6 Å². The second kappa shape index (κ2) is 5.06. The Morgan fingerprint density at radius 2 is 2.31 bits per heavy atom. The first-order valence-corrected chi connectivity index (χ1v) is 6.37. The maximum absolute atomic E-state index is 5.77. The Morgan fingerprint density at radius 3 is 2.88 bits per heavy atom. The van der Waals surface area contributed by atoms with Gasteiger partial charge in [-0.05, 0) is 38.2 Å². The van der Waals surface area contributed by atoms with Gasteiger partial charge in [0.1, 0.15) is 16.6 Å². The summed E-state index contributed by atoms with van der Waals surface area (Å²) in [6, 6.07) is 1.93. The number of aromatic amines is 1. The summed E-state index contributed by atoms with van der Waals surface area (Å²) in [4.78, 5) is 7.73. The van der Waals surface area contributed by atoms with Gasteiger partial charge in [0.15, 0.2) is 0 Å². The average molecular weight is 238 g/mol. The highest BCUT2D eigenvalue weighted by Gasteiger charge is 2.34. The first-order valence-electron chi connectivity index (χ1n) is 5.96. The normalized spacial score (nSPS) is 17.4. The topological polar surface area (TPSA) is 37.9 Å². The van der Waals surface area contributed by atoms with Crippen molar-refractivity contribution >= 4 is 12.2 Å². The molecule has 1 unspecified atom stereocenters. The Labute approximate surface area is 101 Å². The van der Waals surface area contributed by atoms with Crippen LogP contribution in [0.3, 0.4) is 0 Å². The van der Waals surface area contributed by atoms with Crippen molar-refractivity contribution < 1.29 is 4.74 Å². The maximum atomic E-state index is 5.77. The molecule has 1 aromatic heterocycles. The summed E-state index contributed by atoms with van der Waals surface area (Å²) in [7, 11) is 0. The number of rotatable bonds is 5. The molecule has 88 valence electrons. The van der Waals surface area contributed by atoms with Crippen LogP contribution in [0.5, 0.6) is 0 Å². The monoisotopic (exact) mass is 238 g/mol. The Morgan fingerprint density at radius 1 is 1.56 bits per heavy atom. The average Bonchev–Trinajstić information content (AvgIpc) is 3.08. The van der Waals surface area contributed by atoms with E-state index in [1.165, 1.54) is 12.8 Å². The fourth-order valence-electron chi connectivity index (χ4n) is 1.87. The van der Waals surface area contributed by atoms with Crippen LogP contribution < -0.4 is 0 Å². The molecule has 0 amide bonds. The first kappa shape index (κ1) is 11.7. The molecule has 1 aromatic rings. The Bertz CT molecular complexity index is 412. The second-order valence-corrected chi connectivity index (χ2v) is 4.62. The summed E-state index contributed by atoms with van der Waals surface area (Å²) in [5.74, 6) is 1.54. The molecular formula is C12H18N2OS. The minimum absolute atomic E-state index is 0.109. The van der Waals surface area contributed by atoms with Crippen molar-refractivity contribution in [1.29, 1.82) is 0 Å². The maximum Gasteiger partial charge on any atom is 0.137 e. The van der Waals surface area contributed by atoms with Crippen molar-refractivity contribution in [2.75, 3.05) is 6.61 Å². The molecule has 3 nitrogen and oxygen atoms in total. The summed E-state index contributed by atoms with van der Waals surface area (Å²) < 4.78 is 6.43. The molecule has 4 heteroatoms. The SMILES string of the molecule is CCOC(c1nc(=S)cc(CC)[nH]1)C1CC1. The zero-order chi connectivity index (χ0) is 11.5. The van der Waals surface area contributed by atoms with Gasteiger partial charge < -0.3 is 9.72 Å². The molecule has 2 rings (SSSR count). The Kier molecular flexibility index (Phi) is 3.71. The lowest BCUT2D eigenvalue weighted by molar-refractivity contribution is 0.0398. The van der Waals surface area contributed by atoms with E-state index in [2.05, 4.69) is 16.9 Å². The van der Waals surface area contributed by atoms with Crippen LogP contribution in [0, 0.1) is 10.6 Å². The Balaban J connectivity index is 2.28. The molecule has 1 atom stereocenters. The number of H-pyrrole nitrogens is 1. The quantitative estimate of drug-likeness (QED) is 0.801. The molecule has 0 radical (unpaired) electrons. The van der Waals surface area contributed by atoms with E-state index in [1.54, 1.807) is 0 Å². The third-order valence-electron chi connectivity index (χ3n) is 2.86. The molecule has 1 saturated carbocycles. The van der Waals surface area contributed by atoms with E-state index in [1.807, 2.05) is 13.0 Å². The Hall–Kier alpha value is -0.740. The summed E-state index contributed by atoms with van der Waals surface area (Å²) in [5.41, 5.74) is 1.14. The summed E-state index contributed by atoms with van der Waals surface area (Å²) >= 11 is 5.18. The third-order valence-corrected chi connectivity index (χ3v) is 3.07. The second-order valence-electron chi connectivity index (χ2n) is 4.20. The van der Waals surface area contributed by atoms with Crippen molar-refractivity contribution in [3.05, 3.63) is 22.2 Å². The van der Waals surface area contributed by atoms with Crippen LogP contribution in [0.25, 0.3) is 0 Å². The van der Waals surface area contributed by atoms with Gasteiger partial charge in [0, 0.05) is 12.3 Å². The molecule has 0 aromatic carbocycles. The van der Waals surface area contributed by atoms with Gasteiger partial charge in [-0.3, -0.25) is 0 Å². The predicted molar refractivity (Wildman–Crippen MR) is 65.9 cm³/mol. The lowest BCUT2D eigenvalue weighted by Crippen LogP contribution is -2.12. The summed E-state index contributed by atoms with van der Waals surface area (Å²) in [6.45, 7) is 4.85. The van der Waals surface area contributed by atoms with Gasteiger partial charge >= 0.3 is 0 Å². The van der Waals surface area contributed by atoms with Crippen LogP contribution in [-0.2, 0) is 11.2 Å². The first-order chi connectivity index (χ1) is 7.74. The summed E-state index contributed by atoms with van der Waals surface area (Å²) in [5, 5.41) is 0. The smallest absolute Gasteiger partial charge is 0.137 e. The van der Waals surface area contributed by atoms with Gasteiger partial charge in [0.25, 0.3) is 0 Å². The van der Waals surface area contributed by atoms with Crippen molar-refractivity contribution in [3.63, 3.8) is 0 Å². The number of aryl methyl sites for hydroxylation is 1. The van der Waals surface area contributed by atoms with E-state index in [0.717, 1.165) is 24.5 Å². The van der Waals surface area contributed by atoms with Crippen molar-refractivity contribution in [3.8, 4) is 0 Å². The largest absolute Gasteiger partial charge is 0.370 e.